The Balaban J connectivity index is 1.99. The van der Waals surface area contributed by atoms with Gasteiger partial charge in [0.2, 0.25) is 5.91 Å². The van der Waals surface area contributed by atoms with E-state index in [1.807, 2.05) is 20.8 Å². The van der Waals surface area contributed by atoms with Crippen molar-refractivity contribution in [1.29, 1.82) is 0 Å². The maximum absolute atomic E-state index is 13.8. The zero-order valence-corrected chi connectivity index (χ0v) is 18.0. The normalized spacial score (nSPS) is 13.6. The maximum atomic E-state index is 13.8. The lowest BCUT2D eigenvalue weighted by atomic mass is 10.0. The van der Waals surface area contributed by atoms with Gasteiger partial charge in [0.1, 0.15) is 25.6 Å². The Hall–Kier alpha value is -2.81. The van der Waals surface area contributed by atoms with E-state index >= 15 is 0 Å². The van der Waals surface area contributed by atoms with Gasteiger partial charge >= 0.3 is 0 Å². The summed E-state index contributed by atoms with van der Waals surface area (Å²) >= 11 is 0. The van der Waals surface area contributed by atoms with Crippen molar-refractivity contribution in [3.8, 4) is 11.5 Å². The first-order valence-electron chi connectivity index (χ1n) is 9.61. The maximum Gasteiger partial charge on any atom is 0.264 e. The highest BCUT2D eigenvalue weighted by atomic mass is 32.2. The first kappa shape index (κ1) is 21.9. The fourth-order valence-corrected chi connectivity index (χ4v) is 4.32. The van der Waals surface area contributed by atoms with E-state index in [2.05, 4.69) is 5.32 Å². The molecule has 7 nitrogen and oxygen atoms in total. The van der Waals surface area contributed by atoms with Gasteiger partial charge in [-0.25, -0.2) is 12.8 Å². The van der Waals surface area contributed by atoms with E-state index in [1.165, 1.54) is 36.4 Å². The molecule has 0 bridgehead atoms. The minimum absolute atomic E-state index is 0.0503. The highest BCUT2D eigenvalue weighted by Crippen LogP contribution is 2.34. The highest BCUT2D eigenvalue weighted by molar-refractivity contribution is 7.92. The van der Waals surface area contributed by atoms with Crippen molar-refractivity contribution < 1.29 is 27.1 Å². The summed E-state index contributed by atoms with van der Waals surface area (Å²) < 4.78 is 52.5. The van der Waals surface area contributed by atoms with Crippen LogP contribution >= 0.6 is 0 Å². The number of nitrogens with zero attached hydrogens (tertiary/aromatic N) is 1. The largest absolute Gasteiger partial charge is 0.486 e. The summed E-state index contributed by atoms with van der Waals surface area (Å²) in [4.78, 5) is 12.6. The Kier molecular flexibility index (Phi) is 6.21. The van der Waals surface area contributed by atoms with E-state index < -0.39 is 33.8 Å². The SMILES string of the molecule is CCC(C)(C)NC(=O)CN(c1cccc(F)c1)S(=O)(=O)c1ccc2c(c1)OCCO2. The standard InChI is InChI=1S/C21H25FN2O5S/c1-4-21(2,3)23-20(25)14-24(16-7-5-6-15(22)12-16)30(26,27)17-8-9-18-19(13-17)29-11-10-28-18/h5-9,12-13H,4,10-11,14H2,1-3H3,(H,23,25). The van der Waals surface area contributed by atoms with Gasteiger partial charge < -0.3 is 14.8 Å². The second-order valence-electron chi connectivity index (χ2n) is 7.58. The van der Waals surface area contributed by atoms with Crippen molar-refractivity contribution in [2.24, 2.45) is 0 Å². The van der Waals surface area contributed by atoms with Gasteiger partial charge in [-0.2, -0.15) is 0 Å². The molecule has 0 aliphatic carbocycles. The van der Waals surface area contributed by atoms with Crippen LogP contribution in [0, 0.1) is 5.82 Å². The van der Waals surface area contributed by atoms with Crippen LogP contribution in [0.5, 0.6) is 11.5 Å². The number of amides is 1. The number of nitrogens with one attached hydrogen (secondary N) is 1. The van der Waals surface area contributed by atoms with E-state index in [0.29, 0.717) is 31.1 Å². The van der Waals surface area contributed by atoms with Gasteiger partial charge in [-0.3, -0.25) is 9.10 Å². The molecule has 1 amide bonds. The van der Waals surface area contributed by atoms with Crippen LogP contribution in [0.3, 0.4) is 0 Å². The first-order valence-corrected chi connectivity index (χ1v) is 11.1. The fourth-order valence-electron chi connectivity index (χ4n) is 2.89. The van der Waals surface area contributed by atoms with Gasteiger partial charge in [-0.15, -0.1) is 0 Å². The molecule has 3 rings (SSSR count). The van der Waals surface area contributed by atoms with Crippen LogP contribution in [0.1, 0.15) is 27.2 Å². The van der Waals surface area contributed by atoms with Crippen molar-refractivity contribution in [2.45, 2.75) is 37.6 Å². The van der Waals surface area contributed by atoms with Crippen LogP contribution in [0.15, 0.2) is 47.4 Å². The zero-order valence-electron chi connectivity index (χ0n) is 17.1. The third-order valence-electron chi connectivity index (χ3n) is 4.85. The highest BCUT2D eigenvalue weighted by Gasteiger charge is 2.30. The molecule has 0 saturated heterocycles. The molecular weight excluding hydrogens is 411 g/mol. The van der Waals surface area contributed by atoms with Crippen molar-refractivity contribution in [3.05, 3.63) is 48.3 Å². The Morgan fingerprint density at radius 2 is 1.83 bits per heavy atom. The monoisotopic (exact) mass is 436 g/mol. The molecule has 1 N–H and O–H groups in total. The molecular formula is C21H25FN2O5S. The summed E-state index contributed by atoms with van der Waals surface area (Å²) in [6, 6.07) is 9.35. The van der Waals surface area contributed by atoms with Crippen molar-refractivity contribution in [3.63, 3.8) is 0 Å². The van der Waals surface area contributed by atoms with E-state index in [4.69, 9.17) is 9.47 Å². The van der Waals surface area contributed by atoms with Gasteiger partial charge in [-0.1, -0.05) is 13.0 Å². The molecule has 0 fully saturated rings. The number of hydrogen-bond acceptors (Lipinski definition) is 5. The summed E-state index contributed by atoms with van der Waals surface area (Å²) in [5, 5.41) is 2.81. The Morgan fingerprint density at radius 1 is 1.13 bits per heavy atom. The van der Waals surface area contributed by atoms with Crippen LogP contribution in [0.2, 0.25) is 0 Å². The summed E-state index contributed by atoms with van der Waals surface area (Å²) in [6.45, 7) is 5.78. The number of sulfonamides is 1. The molecule has 162 valence electrons. The van der Waals surface area contributed by atoms with E-state index in [1.54, 1.807) is 0 Å². The zero-order chi connectivity index (χ0) is 21.9. The number of rotatable bonds is 7. The molecule has 0 spiro atoms. The lowest BCUT2D eigenvalue weighted by Gasteiger charge is -2.29. The van der Waals surface area contributed by atoms with Gasteiger partial charge in [0, 0.05) is 11.6 Å². The number of hydrogen-bond donors (Lipinski definition) is 1. The number of ether oxygens (including phenoxy) is 2. The number of benzene rings is 2. The smallest absolute Gasteiger partial charge is 0.264 e. The van der Waals surface area contributed by atoms with Crippen molar-refractivity contribution in [1.82, 2.24) is 5.32 Å². The number of carbonyl (C=O) groups is 1. The fraction of sp³-hybridized carbons (Fsp3) is 0.381. The van der Waals surface area contributed by atoms with Crippen molar-refractivity contribution >= 4 is 21.6 Å². The van der Waals surface area contributed by atoms with Gasteiger partial charge in [-0.05, 0) is 50.6 Å². The lowest BCUT2D eigenvalue weighted by Crippen LogP contribution is -2.48. The van der Waals surface area contributed by atoms with Gasteiger partial charge in [0.25, 0.3) is 10.0 Å². The predicted octanol–water partition coefficient (Wildman–Crippen LogP) is 3.10. The molecule has 1 heterocycles. The van der Waals surface area contributed by atoms with Gasteiger partial charge in [0.15, 0.2) is 11.5 Å². The van der Waals surface area contributed by atoms with Crippen LogP contribution in [0.4, 0.5) is 10.1 Å². The molecule has 0 saturated carbocycles. The van der Waals surface area contributed by atoms with Crippen LogP contribution in [-0.4, -0.2) is 39.6 Å². The lowest BCUT2D eigenvalue weighted by molar-refractivity contribution is -0.121. The topological polar surface area (TPSA) is 84.9 Å². The van der Waals surface area contributed by atoms with E-state index in [-0.39, 0.29) is 10.6 Å². The average Bonchev–Trinajstić information content (AvgIpc) is 2.71. The Morgan fingerprint density at radius 3 is 2.50 bits per heavy atom. The Bertz CT molecular complexity index is 1040. The van der Waals surface area contributed by atoms with E-state index in [9.17, 15) is 17.6 Å². The second-order valence-corrected chi connectivity index (χ2v) is 9.44. The molecule has 0 aromatic heterocycles. The summed E-state index contributed by atoms with van der Waals surface area (Å²) in [7, 11) is -4.19. The molecule has 0 radical (unpaired) electrons. The third kappa shape index (κ3) is 4.84. The summed E-state index contributed by atoms with van der Waals surface area (Å²) in [5.74, 6) is -0.352. The molecule has 2 aromatic carbocycles. The molecule has 30 heavy (non-hydrogen) atoms. The third-order valence-corrected chi connectivity index (χ3v) is 6.62. The van der Waals surface area contributed by atoms with Crippen LogP contribution < -0.4 is 19.1 Å². The summed E-state index contributed by atoms with van der Waals surface area (Å²) in [5.41, 5.74) is -0.458. The minimum Gasteiger partial charge on any atom is -0.486 e. The van der Waals surface area contributed by atoms with Crippen LogP contribution in [-0.2, 0) is 14.8 Å². The molecule has 2 aromatic rings. The predicted molar refractivity (Wildman–Crippen MR) is 111 cm³/mol. The average molecular weight is 437 g/mol. The van der Waals surface area contributed by atoms with E-state index in [0.717, 1.165) is 10.4 Å². The molecule has 9 heteroatoms. The minimum atomic E-state index is -4.19. The molecule has 0 unspecified atom stereocenters. The summed E-state index contributed by atoms with van der Waals surface area (Å²) in [6.07, 6.45) is 0.660. The van der Waals surface area contributed by atoms with Crippen molar-refractivity contribution in [2.75, 3.05) is 24.1 Å². The quantitative estimate of drug-likeness (QED) is 0.721. The second kappa shape index (κ2) is 8.51. The molecule has 1 aliphatic heterocycles. The number of halogens is 1. The van der Waals surface area contributed by atoms with Crippen LogP contribution in [0.25, 0.3) is 0 Å². The molecule has 1 aliphatic rings. The first-order chi connectivity index (χ1) is 14.1. The number of anilines is 1. The number of carbonyl (C=O) groups excluding carboxylic acids is 1. The Labute approximate surface area is 175 Å². The number of fused-ring (bicyclic) bond motifs is 1. The van der Waals surface area contributed by atoms with Gasteiger partial charge in [0.05, 0.1) is 10.6 Å². The molecule has 0 atom stereocenters.